The lowest BCUT2D eigenvalue weighted by Gasteiger charge is -2.09. The molecule has 2 nitrogen and oxygen atoms in total. The summed E-state index contributed by atoms with van der Waals surface area (Å²) in [6, 6.07) is 9.15. The lowest BCUT2D eigenvalue weighted by atomic mass is 10.2. The minimum Gasteiger partial charge on any atom is -0.299 e. The van der Waals surface area contributed by atoms with Gasteiger partial charge in [-0.15, -0.1) is 0 Å². The molecule has 130 valence electrons. The van der Waals surface area contributed by atoms with Gasteiger partial charge in [0.25, 0.3) is 6.33 Å². The third-order valence-electron chi connectivity index (χ3n) is 3.48. The van der Waals surface area contributed by atoms with Crippen LogP contribution in [0.2, 0.25) is 0 Å². The second kappa shape index (κ2) is 5.94. The van der Waals surface area contributed by atoms with E-state index in [1.165, 1.54) is 45.8 Å². The predicted octanol–water partition coefficient (Wildman–Crippen LogP) is 4.59. The van der Waals surface area contributed by atoms with Gasteiger partial charge < -0.3 is 0 Å². The summed E-state index contributed by atoms with van der Waals surface area (Å²) in [5.41, 5.74) is -1.25. The molecule has 3 rings (SSSR count). The minimum absolute atomic E-state index is 0.195. The van der Waals surface area contributed by atoms with E-state index in [-0.39, 0.29) is 11.4 Å². The summed E-state index contributed by atoms with van der Waals surface area (Å²) in [7, 11) is 0. The van der Waals surface area contributed by atoms with Crippen LogP contribution in [0.5, 0.6) is 0 Å². The quantitative estimate of drug-likeness (QED) is 0.361. The van der Waals surface area contributed by atoms with Gasteiger partial charge in [-0.25, -0.2) is 0 Å². The molecule has 0 amide bonds. The first kappa shape index (κ1) is 17.1. The zero-order valence-electron chi connectivity index (χ0n) is 12.4. The summed E-state index contributed by atoms with van der Waals surface area (Å²) in [5.74, 6) is 0. The molecule has 0 radical (unpaired) electrons. The number of alkyl halides is 6. The van der Waals surface area contributed by atoms with E-state index in [0.29, 0.717) is 0 Å². The Labute approximate surface area is 138 Å². The molecule has 0 saturated carbocycles. The number of halogens is 6. The summed E-state index contributed by atoms with van der Waals surface area (Å²) in [5, 5.41) is 0. The highest BCUT2D eigenvalue weighted by molar-refractivity contribution is 5.37. The van der Waals surface area contributed by atoms with Gasteiger partial charge in [-0.05, 0) is 24.3 Å². The van der Waals surface area contributed by atoms with Crippen molar-refractivity contribution in [3.8, 4) is 11.4 Å². The first-order valence-corrected chi connectivity index (χ1v) is 7.02. The molecule has 0 aliphatic carbocycles. The smallest absolute Gasteiger partial charge is 0.299 e. The zero-order chi connectivity index (χ0) is 18.2. The van der Waals surface area contributed by atoms with Gasteiger partial charge in [0.1, 0.15) is 0 Å². The van der Waals surface area contributed by atoms with Gasteiger partial charge in [-0.1, -0.05) is 24.3 Å². The maximum atomic E-state index is 12.8. The Balaban J connectivity index is 1.96. The Hall–Kier alpha value is -2.77. The van der Waals surface area contributed by atoms with Crippen LogP contribution < -0.4 is 4.57 Å². The summed E-state index contributed by atoms with van der Waals surface area (Å²) in [4.78, 5) is 0. The van der Waals surface area contributed by atoms with Crippen molar-refractivity contribution in [2.75, 3.05) is 0 Å². The highest BCUT2D eigenvalue weighted by Crippen LogP contribution is 2.31. The Bertz CT molecular complexity index is 820. The molecule has 0 bridgehead atoms. The second-order valence-corrected chi connectivity index (χ2v) is 5.23. The first-order chi connectivity index (χ1) is 11.6. The normalized spacial score (nSPS) is 12.4. The largest absolute Gasteiger partial charge is 0.415 e. The number of nitrogens with zero attached hydrogens (tertiary/aromatic N) is 2. The molecule has 0 saturated heterocycles. The highest BCUT2D eigenvalue weighted by atomic mass is 19.4. The fourth-order valence-corrected chi connectivity index (χ4v) is 2.27. The van der Waals surface area contributed by atoms with Crippen LogP contribution in [-0.4, -0.2) is 4.57 Å². The number of benzene rings is 2. The van der Waals surface area contributed by atoms with E-state index < -0.39 is 23.5 Å². The van der Waals surface area contributed by atoms with Crippen molar-refractivity contribution in [1.82, 2.24) is 4.57 Å². The van der Waals surface area contributed by atoms with Crippen molar-refractivity contribution in [1.29, 1.82) is 0 Å². The maximum absolute atomic E-state index is 12.8. The Morgan fingerprint density at radius 1 is 0.800 bits per heavy atom. The number of rotatable bonds is 2. The number of imidazole rings is 1. The van der Waals surface area contributed by atoms with Crippen molar-refractivity contribution in [3.05, 3.63) is 78.4 Å². The lowest BCUT2D eigenvalue weighted by Crippen LogP contribution is -2.28. The van der Waals surface area contributed by atoms with Crippen LogP contribution in [0.15, 0.2) is 60.9 Å². The molecule has 0 fully saturated rings. The third kappa shape index (κ3) is 3.67. The van der Waals surface area contributed by atoms with Crippen LogP contribution >= 0.6 is 0 Å². The number of aromatic nitrogens is 2. The molecule has 8 heteroatoms. The molecule has 0 N–H and O–H groups in total. The van der Waals surface area contributed by atoms with E-state index in [0.717, 1.165) is 24.3 Å². The van der Waals surface area contributed by atoms with Crippen molar-refractivity contribution in [3.63, 3.8) is 0 Å². The molecule has 25 heavy (non-hydrogen) atoms. The van der Waals surface area contributed by atoms with Crippen LogP contribution in [0.25, 0.3) is 11.4 Å². The molecular formula is C17H10F6N2. The molecule has 1 heterocycles. The molecular weight excluding hydrogens is 346 g/mol. The van der Waals surface area contributed by atoms with E-state index in [1.54, 1.807) is 0 Å². The topological polar surface area (TPSA) is 8.81 Å². The van der Waals surface area contributed by atoms with Crippen molar-refractivity contribution < 1.29 is 30.9 Å². The van der Waals surface area contributed by atoms with Gasteiger partial charge in [0.2, 0.25) is 0 Å². The van der Waals surface area contributed by atoms with Crippen LogP contribution in [0.1, 0.15) is 11.1 Å². The molecule has 0 spiro atoms. The monoisotopic (exact) mass is 356 g/mol. The maximum Gasteiger partial charge on any atom is 0.415 e. The van der Waals surface area contributed by atoms with E-state index in [1.807, 2.05) is 0 Å². The third-order valence-corrected chi connectivity index (χ3v) is 3.48. The van der Waals surface area contributed by atoms with Gasteiger partial charge >= 0.3 is 12.4 Å². The summed E-state index contributed by atoms with van der Waals surface area (Å²) >= 11 is 0. The Morgan fingerprint density at radius 2 is 1.40 bits per heavy atom. The molecule has 3 aromatic rings. The number of hydrogen-bond donors (Lipinski definition) is 0. The molecule has 0 aliphatic heterocycles. The van der Waals surface area contributed by atoms with Crippen molar-refractivity contribution in [2.45, 2.75) is 12.4 Å². The van der Waals surface area contributed by atoms with Gasteiger partial charge in [0.15, 0.2) is 0 Å². The van der Waals surface area contributed by atoms with Crippen molar-refractivity contribution >= 4 is 0 Å². The van der Waals surface area contributed by atoms with Gasteiger partial charge in [0, 0.05) is 12.4 Å². The van der Waals surface area contributed by atoms with Crippen LogP contribution in [-0.2, 0) is 12.4 Å². The predicted molar refractivity (Wildman–Crippen MR) is 76.1 cm³/mol. The fraction of sp³-hybridized carbons (Fsp3) is 0.118. The molecule has 1 aromatic heterocycles. The van der Waals surface area contributed by atoms with Gasteiger partial charge in [-0.3, -0.25) is 9.13 Å². The second-order valence-electron chi connectivity index (χ2n) is 5.23. The van der Waals surface area contributed by atoms with Crippen LogP contribution in [0.3, 0.4) is 0 Å². The van der Waals surface area contributed by atoms with E-state index in [2.05, 4.69) is 6.33 Å². The van der Waals surface area contributed by atoms with Crippen LogP contribution in [0.4, 0.5) is 26.3 Å². The summed E-state index contributed by atoms with van der Waals surface area (Å²) in [6.45, 7) is 0. The van der Waals surface area contributed by atoms with E-state index in [4.69, 9.17) is 0 Å². The van der Waals surface area contributed by atoms with Gasteiger partial charge in [-0.2, -0.15) is 26.3 Å². The highest BCUT2D eigenvalue weighted by Gasteiger charge is 2.31. The fourth-order valence-electron chi connectivity index (χ4n) is 2.27. The standard InChI is InChI=1S/C17H10F6N2/c18-16(19,20)12-3-1-5-14(9-12)24-7-8-25(11-24)15-6-2-4-13(10-15)17(21,22)23/h1-10H. The Kier molecular flexibility index (Phi) is 4.06. The minimum atomic E-state index is -4.49. The lowest BCUT2D eigenvalue weighted by molar-refractivity contribution is -0.599. The van der Waals surface area contributed by atoms with Gasteiger partial charge in [0.05, 0.1) is 22.5 Å². The van der Waals surface area contributed by atoms with Crippen molar-refractivity contribution in [2.24, 2.45) is 0 Å². The summed E-state index contributed by atoms with van der Waals surface area (Å²) in [6.07, 6.45) is -3.45. The molecule has 2 aromatic carbocycles. The SMILES string of the molecule is FC(F)(F)c1cccc(-n2[c-][n+](-c3cccc(C(F)(F)F)c3)cc2)c1. The van der Waals surface area contributed by atoms with Crippen LogP contribution in [0, 0.1) is 6.33 Å². The average Bonchev–Trinajstić information content (AvgIpc) is 3.04. The zero-order valence-corrected chi connectivity index (χ0v) is 12.4. The number of hydrogen-bond acceptors (Lipinski definition) is 0. The average molecular weight is 356 g/mol. The molecule has 0 aliphatic rings. The molecule has 0 unspecified atom stereocenters. The summed E-state index contributed by atoms with van der Waals surface area (Å²) < 4.78 is 79.2. The van der Waals surface area contributed by atoms with E-state index in [9.17, 15) is 26.3 Å². The molecule has 0 atom stereocenters. The van der Waals surface area contributed by atoms with E-state index >= 15 is 0 Å². The Morgan fingerprint density at radius 3 is 2.04 bits per heavy atom. The first-order valence-electron chi connectivity index (χ1n) is 7.02.